The molecule has 1 aliphatic heterocycles. The van der Waals surface area contributed by atoms with E-state index in [4.69, 9.17) is 5.73 Å². The highest BCUT2D eigenvalue weighted by Crippen LogP contribution is 2.15. The zero-order chi connectivity index (χ0) is 8.81. The molecule has 0 bridgehead atoms. The largest absolute Gasteiger partial charge is 0.330 e. The van der Waals surface area contributed by atoms with E-state index in [9.17, 15) is 0 Å². The van der Waals surface area contributed by atoms with Gasteiger partial charge >= 0.3 is 0 Å². The maximum atomic E-state index is 5.62. The van der Waals surface area contributed by atoms with E-state index in [0.717, 1.165) is 18.2 Å². The molecule has 1 heterocycles. The van der Waals surface area contributed by atoms with E-state index >= 15 is 0 Å². The molecule has 2 nitrogen and oxygen atoms in total. The van der Waals surface area contributed by atoms with Crippen molar-refractivity contribution in [3.63, 3.8) is 0 Å². The van der Waals surface area contributed by atoms with Crippen molar-refractivity contribution in [3.05, 3.63) is 0 Å². The van der Waals surface area contributed by atoms with Gasteiger partial charge in [0.05, 0.1) is 0 Å². The topological polar surface area (TPSA) is 29.3 Å². The third-order valence-corrected chi connectivity index (χ3v) is 2.99. The van der Waals surface area contributed by atoms with Crippen LogP contribution in [0.1, 0.15) is 19.3 Å². The van der Waals surface area contributed by atoms with Gasteiger partial charge in [0.2, 0.25) is 0 Å². The Kier molecular flexibility index (Phi) is 5.04. The van der Waals surface area contributed by atoms with Crippen molar-refractivity contribution in [1.29, 1.82) is 0 Å². The van der Waals surface area contributed by atoms with Gasteiger partial charge in [-0.25, -0.2) is 0 Å². The van der Waals surface area contributed by atoms with E-state index in [1.165, 1.54) is 38.9 Å². The van der Waals surface area contributed by atoms with Crippen LogP contribution < -0.4 is 5.73 Å². The highest BCUT2D eigenvalue weighted by Gasteiger charge is 2.16. The first kappa shape index (κ1) is 10.4. The van der Waals surface area contributed by atoms with Gasteiger partial charge in [-0.05, 0) is 57.1 Å². The summed E-state index contributed by atoms with van der Waals surface area (Å²) in [6.45, 7) is 4.59. The maximum Gasteiger partial charge on any atom is -0.00110 e. The number of hydrogen-bond donors (Lipinski definition) is 2. The van der Waals surface area contributed by atoms with Crippen LogP contribution in [-0.4, -0.2) is 36.8 Å². The third-order valence-electron chi connectivity index (χ3n) is 2.67. The highest BCUT2D eigenvalue weighted by atomic mass is 32.1. The first-order chi connectivity index (χ1) is 5.86. The number of nitrogens with zero attached hydrogens (tertiary/aromatic N) is 1. The van der Waals surface area contributed by atoms with Gasteiger partial charge in [0.25, 0.3) is 0 Å². The molecule has 2 N–H and O–H groups in total. The van der Waals surface area contributed by atoms with Crippen LogP contribution in [-0.2, 0) is 0 Å². The number of thiol groups is 1. The Morgan fingerprint density at radius 1 is 1.33 bits per heavy atom. The van der Waals surface area contributed by atoms with Crippen molar-refractivity contribution in [1.82, 2.24) is 4.90 Å². The molecule has 0 radical (unpaired) electrons. The van der Waals surface area contributed by atoms with E-state index < -0.39 is 0 Å². The van der Waals surface area contributed by atoms with E-state index in [-0.39, 0.29) is 0 Å². The quantitative estimate of drug-likeness (QED) is 0.644. The molecule has 1 fully saturated rings. The van der Waals surface area contributed by atoms with E-state index in [1.807, 2.05) is 0 Å². The molecule has 0 spiro atoms. The summed E-state index contributed by atoms with van der Waals surface area (Å²) in [6, 6.07) is 0. The fraction of sp³-hybridized carbons (Fsp3) is 1.00. The molecule has 1 saturated heterocycles. The number of nitrogens with two attached hydrogens (primary N) is 1. The van der Waals surface area contributed by atoms with Crippen LogP contribution >= 0.6 is 12.6 Å². The molecular formula is C9H20N2S. The van der Waals surface area contributed by atoms with Crippen molar-refractivity contribution >= 4 is 12.6 Å². The SMILES string of the molecule is NCC1CCN(CCCS)CC1. The number of rotatable bonds is 4. The van der Waals surface area contributed by atoms with Crippen LogP contribution in [0.15, 0.2) is 0 Å². The lowest BCUT2D eigenvalue weighted by atomic mass is 9.97. The van der Waals surface area contributed by atoms with E-state index in [2.05, 4.69) is 17.5 Å². The highest BCUT2D eigenvalue weighted by molar-refractivity contribution is 7.80. The van der Waals surface area contributed by atoms with Crippen LogP contribution in [0.25, 0.3) is 0 Å². The lowest BCUT2D eigenvalue weighted by Gasteiger charge is -2.31. The summed E-state index contributed by atoms with van der Waals surface area (Å²) in [5.41, 5.74) is 5.62. The van der Waals surface area contributed by atoms with Gasteiger partial charge in [-0.3, -0.25) is 0 Å². The molecule has 0 atom stereocenters. The van der Waals surface area contributed by atoms with Crippen LogP contribution in [0.2, 0.25) is 0 Å². The lowest BCUT2D eigenvalue weighted by Crippen LogP contribution is -2.36. The standard InChI is InChI=1S/C9H20N2S/c10-8-9-2-5-11(6-3-9)4-1-7-12/h9,12H,1-8,10H2. The molecule has 1 aliphatic rings. The Hall–Kier alpha value is 0.270. The average Bonchev–Trinajstić information content (AvgIpc) is 2.15. The second-order valence-electron chi connectivity index (χ2n) is 3.60. The molecule has 0 amide bonds. The van der Waals surface area contributed by atoms with Gasteiger partial charge in [-0.1, -0.05) is 0 Å². The Balaban J connectivity index is 2.09. The molecule has 0 saturated carbocycles. The van der Waals surface area contributed by atoms with Gasteiger partial charge in [0, 0.05) is 0 Å². The van der Waals surface area contributed by atoms with E-state index in [1.54, 1.807) is 0 Å². The van der Waals surface area contributed by atoms with Crippen LogP contribution in [0, 0.1) is 5.92 Å². The Labute approximate surface area is 80.9 Å². The first-order valence-corrected chi connectivity index (χ1v) is 5.53. The van der Waals surface area contributed by atoms with Crippen LogP contribution in [0.5, 0.6) is 0 Å². The first-order valence-electron chi connectivity index (χ1n) is 4.90. The van der Waals surface area contributed by atoms with E-state index in [0.29, 0.717) is 0 Å². The van der Waals surface area contributed by atoms with Crippen LogP contribution in [0.3, 0.4) is 0 Å². The minimum absolute atomic E-state index is 0.789. The van der Waals surface area contributed by atoms with Crippen molar-refractivity contribution in [2.45, 2.75) is 19.3 Å². The lowest BCUT2D eigenvalue weighted by molar-refractivity contribution is 0.188. The number of likely N-dealkylation sites (tertiary alicyclic amines) is 1. The average molecular weight is 188 g/mol. The maximum absolute atomic E-state index is 5.62. The van der Waals surface area contributed by atoms with Gasteiger partial charge in [-0.15, -0.1) is 0 Å². The Bertz CT molecular complexity index is 111. The molecule has 0 aliphatic carbocycles. The zero-order valence-electron chi connectivity index (χ0n) is 7.71. The van der Waals surface area contributed by atoms with Crippen molar-refractivity contribution in [3.8, 4) is 0 Å². The summed E-state index contributed by atoms with van der Waals surface area (Å²) in [4.78, 5) is 2.53. The second kappa shape index (κ2) is 5.84. The fourth-order valence-corrected chi connectivity index (χ4v) is 1.88. The molecule has 0 aromatic carbocycles. The summed E-state index contributed by atoms with van der Waals surface area (Å²) >= 11 is 4.21. The molecule has 72 valence electrons. The second-order valence-corrected chi connectivity index (χ2v) is 4.05. The fourth-order valence-electron chi connectivity index (χ4n) is 1.74. The minimum Gasteiger partial charge on any atom is -0.330 e. The molecule has 3 heteroatoms. The summed E-state index contributed by atoms with van der Waals surface area (Å²) in [7, 11) is 0. The van der Waals surface area contributed by atoms with Crippen molar-refractivity contribution < 1.29 is 0 Å². The summed E-state index contributed by atoms with van der Waals surface area (Å²) in [5.74, 6) is 1.80. The predicted octanol–water partition coefficient (Wildman–Crippen LogP) is 0.977. The van der Waals surface area contributed by atoms with Crippen LogP contribution in [0.4, 0.5) is 0 Å². The van der Waals surface area contributed by atoms with Gasteiger partial charge in [0.1, 0.15) is 0 Å². The molecule has 0 unspecified atom stereocenters. The monoisotopic (exact) mass is 188 g/mol. The summed E-state index contributed by atoms with van der Waals surface area (Å²) in [6.07, 6.45) is 3.81. The molecule has 1 rings (SSSR count). The summed E-state index contributed by atoms with van der Waals surface area (Å²) < 4.78 is 0. The van der Waals surface area contributed by atoms with Gasteiger partial charge in [-0.2, -0.15) is 12.6 Å². The molecular weight excluding hydrogens is 168 g/mol. The smallest absolute Gasteiger partial charge is 0.00110 e. The van der Waals surface area contributed by atoms with Crippen molar-refractivity contribution in [2.24, 2.45) is 11.7 Å². The number of hydrogen-bond acceptors (Lipinski definition) is 3. The van der Waals surface area contributed by atoms with Gasteiger partial charge in [0.15, 0.2) is 0 Å². The predicted molar refractivity (Wildman–Crippen MR) is 56.7 cm³/mol. The third kappa shape index (κ3) is 3.33. The normalized spacial score (nSPS) is 21.5. The molecule has 12 heavy (non-hydrogen) atoms. The zero-order valence-corrected chi connectivity index (χ0v) is 8.60. The van der Waals surface area contributed by atoms with Crippen molar-refractivity contribution in [2.75, 3.05) is 31.9 Å². The van der Waals surface area contributed by atoms with Gasteiger partial charge < -0.3 is 10.6 Å². The molecule has 0 aromatic rings. The Morgan fingerprint density at radius 3 is 2.50 bits per heavy atom. The molecule has 0 aromatic heterocycles. The Morgan fingerprint density at radius 2 is 2.00 bits per heavy atom. The summed E-state index contributed by atoms with van der Waals surface area (Å²) in [5, 5.41) is 0. The number of piperidine rings is 1. The minimum atomic E-state index is 0.789.